The first-order valence-corrected chi connectivity index (χ1v) is 7.69. The van der Waals surface area contributed by atoms with Gasteiger partial charge in [0.15, 0.2) is 0 Å². The first-order chi connectivity index (χ1) is 9.66. The Morgan fingerprint density at radius 2 is 1.80 bits per heavy atom. The van der Waals surface area contributed by atoms with Crippen LogP contribution >= 0.6 is 11.8 Å². The molecule has 1 N–H and O–H groups in total. The molecule has 0 radical (unpaired) electrons. The zero-order chi connectivity index (χ0) is 14.4. The lowest BCUT2D eigenvalue weighted by Crippen LogP contribution is -2.20. The summed E-state index contributed by atoms with van der Waals surface area (Å²) in [7, 11) is 0. The molecule has 0 bridgehead atoms. The van der Waals surface area contributed by atoms with Gasteiger partial charge >= 0.3 is 0 Å². The fourth-order valence-corrected chi connectivity index (χ4v) is 2.89. The molecule has 0 aliphatic heterocycles. The van der Waals surface area contributed by atoms with Gasteiger partial charge in [-0.1, -0.05) is 49.9 Å². The van der Waals surface area contributed by atoms with Crippen molar-refractivity contribution in [3.63, 3.8) is 0 Å². The number of rotatable bonds is 6. The SMILES string of the molecule is CC(C)CNCc1c(F)cccc1Sc1ccccc1. The summed E-state index contributed by atoms with van der Waals surface area (Å²) in [6.45, 7) is 5.76. The highest BCUT2D eigenvalue weighted by molar-refractivity contribution is 7.99. The molecule has 0 saturated carbocycles. The van der Waals surface area contributed by atoms with E-state index in [4.69, 9.17) is 0 Å². The largest absolute Gasteiger partial charge is 0.312 e. The van der Waals surface area contributed by atoms with Gasteiger partial charge in [-0.3, -0.25) is 0 Å². The molecule has 106 valence electrons. The van der Waals surface area contributed by atoms with Crippen molar-refractivity contribution in [2.75, 3.05) is 6.54 Å². The van der Waals surface area contributed by atoms with E-state index in [2.05, 4.69) is 19.2 Å². The molecule has 0 aliphatic rings. The van der Waals surface area contributed by atoms with Gasteiger partial charge in [0.05, 0.1) is 0 Å². The molecule has 0 spiro atoms. The highest BCUT2D eigenvalue weighted by Gasteiger charge is 2.09. The summed E-state index contributed by atoms with van der Waals surface area (Å²) < 4.78 is 14.0. The second-order valence-electron chi connectivity index (χ2n) is 5.16. The molecule has 0 heterocycles. The predicted molar refractivity (Wildman–Crippen MR) is 83.5 cm³/mol. The molecule has 0 amide bonds. The molecule has 0 unspecified atom stereocenters. The Kier molecular flexibility index (Phi) is 5.62. The first-order valence-electron chi connectivity index (χ1n) is 6.88. The van der Waals surface area contributed by atoms with E-state index < -0.39 is 0 Å². The van der Waals surface area contributed by atoms with E-state index in [1.165, 1.54) is 6.07 Å². The van der Waals surface area contributed by atoms with Crippen molar-refractivity contribution in [3.05, 3.63) is 59.9 Å². The minimum Gasteiger partial charge on any atom is -0.312 e. The van der Waals surface area contributed by atoms with E-state index >= 15 is 0 Å². The average Bonchev–Trinajstić information content (AvgIpc) is 2.43. The van der Waals surface area contributed by atoms with Crippen molar-refractivity contribution in [2.45, 2.75) is 30.2 Å². The Morgan fingerprint density at radius 1 is 1.05 bits per heavy atom. The Balaban J connectivity index is 2.13. The molecule has 2 rings (SSSR count). The molecule has 0 saturated heterocycles. The Hall–Kier alpha value is -1.32. The molecular weight excluding hydrogens is 269 g/mol. The second kappa shape index (κ2) is 7.46. The van der Waals surface area contributed by atoms with Crippen LogP contribution in [-0.2, 0) is 6.54 Å². The maximum absolute atomic E-state index is 14.0. The molecule has 3 heteroatoms. The fourth-order valence-electron chi connectivity index (χ4n) is 1.91. The van der Waals surface area contributed by atoms with Crippen LogP contribution in [0.2, 0.25) is 0 Å². The van der Waals surface area contributed by atoms with E-state index in [1.807, 2.05) is 36.4 Å². The third kappa shape index (κ3) is 4.36. The summed E-state index contributed by atoms with van der Waals surface area (Å²) in [6.07, 6.45) is 0. The summed E-state index contributed by atoms with van der Waals surface area (Å²) in [5, 5.41) is 3.31. The molecular formula is C17H20FNS. The number of halogens is 1. The van der Waals surface area contributed by atoms with Gasteiger partial charge < -0.3 is 5.32 Å². The van der Waals surface area contributed by atoms with Crippen LogP contribution in [0.1, 0.15) is 19.4 Å². The maximum Gasteiger partial charge on any atom is 0.128 e. The van der Waals surface area contributed by atoms with Gasteiger partial charge in [-0.25, -0.2) is 4.39 Å². The van der Waals surface area contributed by atoms with Crippen LogP contribution in [0.15, 0.2) is 58.3 Å². The van der Waals surface area contributed by atoms with Gasteiger partial charge in [-0.2, -0.15) is 0 Å². The van der Waals surface area contributed by atoms with Gasteiger partial charge in [0.2, 0.25) is 0 Å². The highest BCUT2D eigenvalue weighted by atomic mass is 32.2. The number of nitrogens with one attached hydrogen (secondary N) is 1. The lowest BCUT2D eigenvalue weighted by Gasteiger charge is -2.12. The lowest BCUT2D eigenvalue weighted by atomic mass is 10.2. The number of benzene rings is 2. The molecule has 2 aromatic carbocycles. The van der Waals surface area contributed by atoms with E-state index in [0.29, 0.717) is 12.5 Å². The molecule has 0 atom stereocenters. The summed E-state index contributed by atoms with van der Waals surface area (Å²) in [4.78, 5) is 2.11. The zero-order valence-corrected chi connectivity index (χ0v) is 12.7. The number of hydrogen-bond donors (Lipinski definition) is 1. The average molecular weight is 289 g/mol. The topological polar surface area (TPSA) is 12.0 Å². The van der Waals surface area contributed by atoms with Crippen LogP contribution in [0.25, 0.3) is 0 Å². The number of hydrogen-bond acceptors (Lipinski definition) is 2. The van der Waals surface area contributed by atoms with Gasteiger partial charge in [0.1, 0.15) is 5.82 Å². The van der Waals surface area contributed by atoms with Gasteiger partial charge in [0, 0.05) is 21.9 Å². The van der Waals surface area contributed by atoms with E-state index in [9.17, 15) is 4.39 Å². The van der Waals surface area contributed by atoms with Crippen LogP contribution < -0.4 is 5.32 Å². The van der Waals surface area contributed by atoms with Gasteiger partial charge in [0.25, 0.3) is 0 Å². The van der Waals surface area contributed by atoms with Crippen LogP contribution in [0.5, 0.6) is 0 Å². The van der Waals surface area contributed by atoms with Crippen molar-refractivity contribution in [3.8, 4) is 0 Å². The van der Waals surface area contributed by atoms with Crippen LogP contribution in [-0.4, -0.2) is 6.54 Å². The third-order valence-corrected chi connectivity index (χ3v) is 4.01. The Morgan fingerprint density at radius 3 is 2.50 bits per heavy atom. The molecule has 1 nitrogen and oxygen atoms in total. The summed E-state index contributed by atoms with van der Waals surface area (Å²) in [5.74, 6) is 0.425. The van der Waals surface area contributed by atoms with E-state index in [0.717, 1.165) is 21.9 Å². The molecule has 0 aromatic heterocycles. The zero-order valence-electron chi connectivity index (χ0n) is 11.9. The first kappa shape index (κ1) is 15.1. The van der Waals surface area contributed by atoms with Crippen molar-refractivity contribution in [1.82, 2.24) is 5.32 Å². The molecule has 20 heavy (non-hydrogen) atoms. The highest BCUT2D eigenvalue weighted by Crippen LogP contribution is 2.31. The smallest absolute Gasteiger partial charge is 0.128 e. The molecule has 0 aliphatic carbocycles. The Labute approximate surface area is 124 Å². The van der Waals surface area contributed by atoms with Crippen LogP contribution in [0.4, 0.5) is 4.39 Å². The fraction of sp³-hybridized carbons (Fsp3) is 0.294. The minimum absolute atomic E-state index is 0.137. The van der Waals surface area contributed by atoms with E-state index in [1.54, 1.807) is 17.8 Å². The van der Waals surface area contributed by atoms with E-state index in [-0.39, 0.29) is 5.82 Å². The second-order valence-corrected chi connectivity index (χ2v) is 6.27. The molecule has 2 aromatic rings. The van der Waals surface area contributed by atoms with Crippen LogP contribution in [0.3, 0.4) is 0 Å². The Bertz CT molecular complexity index is 540. The monoisotopic (exact) mass is 289 g/mol. The van der Waals surface area contributed by atoms with Crippen molar-refractivity contribution >= 4 is 11.8 Å². The maximum atomic E-state index is 14.0. The quantitative estimate of drug-likeness (QED) is 0.825. The predicted octanol–water partition coefficient (Wildman–Crippen LogP) is 4.72. The lowest BCUT2D eigenvalue weighted by molar-refractivity contribution is 0.530. The summed E-state index contributed by atoms with van der Waals surface area (Å²) in [6, 6.07) is 15.3. The summed E-state index contributed by atoms with van der Waals surface area (Å²) in [5.41, 5.74) is 0.752. The van der Waals surface area contributed by atoms with Crippen molar-refractivity contribution < 1.29 is 4.39 Å². The van der Waals surface area contributed by atoms with Crippen molar-refractivity contribution in [2.24, 2.45) is 5.92 Å². The van der Waals surface area contributed by atoms with Crippen LogP contribution in [0, 0.1) is 11.7 Å². The minimum atomic E-state index is -0.137. The summed E-state index contributed by atoms with van der Waals surface area (Å²) >= 11 is 1.61. The third-order valence-electron chi connectivity index (χ3n) is 2.90. The van der Waals surface area contributed by atoms with Crippen molar-refractivity contribution in [1.29, 1.82) is 0 Å². The standard InChI is InChI=1S/C17H20FNS/c1-13(2)11-19-12-15-16(18)9-6-10-17(15)20-14-7-4-3-5-8-14/h3-10,13,19H,11-12H2,1-2H3. The van der Waals surface area contributed by atoms with Gasteiger partial charge in [-0.05, 0) is 36.7 Å². The normalized spacial score (nSPS) is 11.0. The molecule has 0 fully saturated rings. The van der Waals surface area contributed by atoms with Gasteiger partial charge in [-0.15, -0.1) is 0 Å².